The minimum absolute atomic E-state index is 0.0573. The van der Waals surface area contributed by atoms with Crippen LogP contribution in [0, 0.1) is 12.3 Å². The van der Waals surface area contributed by atoms with Gasteiger partial charge in [-0.3, -0.25) is 0 Å². The summed E-state index contributed by atoms with van der Waals surface area (Å²) in [5.74, 6) is 2.51. The average molecular weight is 280 g/mol. The Morgan fingerprint density at radius 1 is 1.21 bits per heavy atom. The van der Waals surface area contributed by atoms with Gasteiger partial charge in [-0.05, 0) is 23.1 Å². The lowest BCUT2D eigenvalue weighted by molar-refractivity contribution is 0.340. The summed E-state index contributed by atoms with van der Waals surface area (Å²) in [4.78, 5) is 0. The molecule has 0 aliphatic rings. The molecule has 0 fully saturated rings. The van der Waals surface area contributed by atoms with Crippen molar-refractivity contribution in [3.63, 3.8) is 0 Å². The molecule has 0 aliphatic heterocycles. The Morgan fingerprint density at radius 3 is 2.26 bits per heavy atom. The van der Waals surface area contributed by atoms with Gasteiger partial charge in [-0.25, -0.2) is 8.42 Å². The maximum absolute atomic E-state index is 11.4. The van der Waals surface area contributed by atoms with E-state index < -0.39 is 9.84 Å². The van der Waals surface area contributed by atoms with Crippen molar-refractivity contribution in [3.05, 3.63) is 29.8 Å². The largest absolute Gasteiger partial charge is 0.493 e. The molecule has 0 spiro atoms. The van der Waals surface area contributed by atoms with E-state index in [4.69, 9.17) is 11.2 Å². The first kappa shape index (κ1) is 15.6. The fourth-order valence-corrected chi connectivity index (χ4v) is 2.27. The summed E-state index contributed by atoms with van der Waals surface area (Å²) in [7, 11) is -3.19. The van der Waals surface area contributed by atoms with E-state index in [1.807, 2.05) is 24.3 Å². The lowest BCUT2D eigenvalue weighted by Gasteiger charge is -2.19. The van der Waals surface area contributed by atoms with Crippen molar-refractivity contribution >= 4 is 9.84 Å². The number of sulfone groups is 1. The second kappa shape index (κ2) is 6.12. The Labute approximate surface area is 115 Å². The van der Waals surface area contributed by atoms with Gasteiger partial charge in [-0.2, -0.15) is 0 Å². The van der Waals surface area contributed by atoms with Crippen LogP contribution in [-0.2, 0) is 15.3 Å². The van der Waals surface area contributed by atoms with Crippen LogP contribution in [0.15, 0.2) is 24.3 Å². The van der Waals surface area contributed by atoms with Crippen LogP contribution in [0.2, 0.25) is 0 Å². The third-order valence-electron chi connectivity index (χ3n) is 2.69. The van der Waals surface area contributed by atoms with E-state index in [-0.39, 0.29) is 23.5 Å². The predicted octanol–water partition coefficient (Wildman–Crippen LogP) is 2.41. The number of ether oxygens (including phenoxy) is 1. The minimum Gasteiger partial charge on any atom is -0.493 e. The quantitative estimate of drug-likeness (QED) is 0.778. The molecule has 1 aromatic rings. The van der Waals surface area contributed by atoms with Gasteiger partial charge in [0, 0.05) is 0 Å². The lowest BCUT2D eigenvalue weighted by Crippen LogP contribution is -2.16. The highest BCUT2D eigenvalue weighted by Crippen LogP contribution is 2.24. The molecule has 0 saturated carbocycles. The molecule has 0 unspecified atom stereocenters. The number of terminal acetylenes is 1. The summed E-state index contributed by atoms with van der Waals surface area (Å²) in [5, 5.41) is 0. The van der Waals surface area contributed by atoms with Crippen molar-refractivity contribution < 1.29 is 13.2 Å². The van der Waals surface area contributed by atoms with Gasteiger partial charge >= 0.3 is 0 Å². The van der Waals surface area contributed by atoms with Gasteiger partial charge in [-0.1, -0.05) is 38.8 Å². The van der Waals surface area contributed by atoms with Gasteiger partial charge in [0.1, 0.15) is 18.1 Å². The normalized spacial score (nSPS) is 11.9. The molecule has 0 aliphatic carbocycles. The smallest absolute Gasteiger partial charge is 0.164 e. The summed E-state index contributed by atoms with van der Waals surface area (Å²) in [5.41, 5.74) is 1.30. The highest BCUT2D eigenvalue weighted by molar-refractivity contribution is 7.91. The number of rotatable bonds is 5. The molecule has 0 radical (unpaired) electrons. The highest BCUT2D eigenvalue weighted by atomic mass is 32.2. The van der Waals surface area contributed by atoms with Crippen LogP contribution in [0.1, 0.15) is 26.3 Å². The first-order valence-corrected chi connectivity index (χ1v) is 7.94. The molecule has 19 heavy (non-hydrogen) atoms. The molecule has 104 valence electrons. The van der Waals surface area contributed by atoms with Crippen molar-refractivity contribution in [2.75, 3.05) is 18.1 Å². The summed E-state index contributed by atoms with van der Waals surface area (Å²) in [6, 6.07) is 7.69. The molecule has 0 saturated heterocycles. The van der Waals surface area contributed by atoms with Gasteiger partial charge < -0.3 is 4.74 Å². The molecule has 0 aromatic heterocycles. The zero-order chi connectivity index (χ0) is 14.5. The molecular weight excluding hydrogens is 260 g/mol. The van der Waals surface area contributed by atoms with E-state index in [9.17, 15) is 8.42 Å². The molecule has 0 bridgehead atoms. The highest BCUT2D eigenvalue weighted by Gasteiger charge is 2.13. The Bertz CT molecular complexity index is 543. The fraction of sp³-hybridized carbons (Fsp3) is 0.467. The summed E-state index contributed by atoms with van der Waals surface area (Å²) in [6.07, 6.45) is 4.98. The number of hydrogen-bond donors (Lipinski definition) is 0. The number of hydrogen-bond acceptors (Lipinski definition) is 3. The van der Waals surface area contributed by atoms with Crippen LogP contribution in [0.25, 0.3) is 0 Å². The third kappa shape index (κ3) is 5.35. The molecule has 0 heterocycles. The van der Waals surface area contributed by atoms with Crippen LogP contribution in [0.4, 0.5) is 0 Å². The van der Waals surface area contributed by atoms with Gasteiger partial charge in [-0.15, -0.1) is 6.42 Å². The zero-order valence-corrected chi connectivity index (χ0v) is 12.5. The predicted molar refractivity (Wildman–Crippen MR) is 78.1 cm³/mol. The van der Waals surface area contributed by atoms with Gasteiger partial charge in [0.2, 0.25) is 0 Å². The van der Waals surface area contributed by atoms with Crippen LogP contribution >= 0.6 is 0 Å². The molecular formula is C15H20O3S. The number of benzene rings is 1. The van der Waals surface area contributed by atoms with E-state index in [1.165, 1.54) is 5.56 Å². The van der Waals surface area contributed by atoms with Gasteiger partial charge in [0.05, 0.1) is 5.75 Å². The summed E-state index contributed by atoms with van der Waals surface area (Å²) in [6.45, 7) is 6.53. The van der Waals surface area contributed by atoms with Crippen molar-refractivity contribution in [1.82, 2.24) is 0 Å². The van der Waals surface area contributed by atoms with Gasteiger partial charge in [0.25, 0.3) is 0 Å². The van der Waals surface area contributed by atoms with Crippen LogP contribution in [-0.4, -0.2) is 26.5 Å². The summed E-state index contributed by atoms with van der Waals surface area (Å²) < 4.78 is 28.2. The van der Waals surface area contributed by atoms with Crippen molar-refractivity contribution in [3.8, 4) is 18.1 Å². The zero-order valence-electron chi connectivity index (χ0n) is 11.6. The third-order valence-corrected chi connectivity index (χ3v) is 4.08. The Morgan fingerprint density at radius 2 is 1.79 bits per heavy atom. The molecule has 1 aromatic carbocycles. The van der Waals surface area contributed by atoms with Crippen molar-refractivity contribution in [2.45, 2.75) is 26.2 Å². The molecule has 1 rings (SSSR count). The Kier molecular flexibility index (Phi) is 5.02. The summed E-state index contributed by atoms with van der Waals surface area (Å²) >= 11 is 0. The Balaban J connectivity index is 2.54. The van der Waals surface area contributed by atoms with Crippen LogP contribution in [0.5, 0.6) is 5.75 Å². The second-order valence-corrected chi connectivity index (χ2v) is 7.60. The fourth-order valence-electron chi connectivity index (χ4n) is 1.54. The van der Waals surface area contributed by atoms with Crippen LogP contribution in [0.3, 0.4) is 0 Å². The van der Waals surface area contributed by atoms with Crippen LogP contribution < -0.4 is 4.74 Å². The average Bonchev–Trinajstić information content (AvgIpc) is 2.28. The first-order valence-electron chi connectivity index (χ1n) is 6.12. The standard InChI is InChI=1S/C15H20O3S/c1-5-11-19(16,17)12-10-18-14-8-6-13(7-9-14)15(2,3)4/h1,6-9H,10-12H2,2-4H3. The maximum atomic E-state index is 11.4. The van der Waals surface area contributed by atoms with E-state index in [0.29, 0.717) is 5.75 Å². The van der Waals surface area contributed by atoms with E-state index in [1.54, 1.807) is 0 Å². The van der Waals surface area contributed by atoms with E-state index >= 15 is 0 Å². The second-order valence-electron chi connectivity index (χ2n) is 5.42. The SMILES string of the molecule is C#CCS(=O)(=O)CCOc1ccc(C(C)(C)C)cc1. The van der Waals surface area contributed by atoms with E-state index in [2.05, 4.69) is 26.7 Å². The van der Waals surface area contributed by atoms with Gasteiger partial charge in [0.15, 0.2) is 9.84 Å². The Hall–Kier alpha value is -1.47. The topological polar surface area (TPSA) is 43.4 Å². The minimum atomic E-state index is -3.19. The van der Waals surface area contributed by atoms with Crippen molar-refractivity contribution in [1.29, 1.82) is 0 Å². The lowest BCUT2D eigenvalue weighted by atomic mass is 9.87. The van der Waals surface area contributed by atoms with E-state index in [0.717, 1.165) is 0 Å². The monoisotopic (exact) mass is 280 g/mol. The molecule has 0 atom stereocenters. The molecule has 4 heteroatoms. The molecule has 3 nitrogen and oxygen atoms in total. The molecule has 0 N–H and O–H groups in total. The first-order chi connectivity index (χ1) is 8.74. The van der Waals surface area contributed by atoms with Crippen molar-refractivity contribution in [2.24, 2.45) is 0 Å². The maximum Gasteiger partial charge on any atom is 0.164 e. The molecule has 0 amide bonds.